The average molecular weight is 367 g/mol. The van der Waals surface area contributed by atoms with Crippen LogP contribution in [0.25, 0.3) is 10.2 Å². The molecule has 7 heteroatoms. The van der Waals surface area contributed by atoms with Crippen LogP contribution in [0.15, 0.2) is 24.3 Å². The fourth-order valence-corrected chi connectivity index (χ4v) is 5.76. The van der Waals surface area contributed by atoms with Crippen LogP contribution in [0.1, 0.15) is 37.6 Å². The van der Waals surface area contributed by atoms with Gasteiger partial charge in [-0.15, -0.1) is 11.3 Å². The number of thiazole rings is 1. The maximum atomic E-state index is 12.3. The molecule has 1 aromatic carbocycles. The molecule has 2 atom stereocenters. The molecule has 2 aromatic rings. The molecule has 0 saturated heterocycles. The maximum absolute atomic E-state index is 12.3. The molecule has 0 spiro atoms. The second-order valence-corrected chi connectivity index (χ2v) is 9.72. The van der Waals surface area contributed by atoms with Crippen molar-refractivity contribution in [1.29, 1.82) is 0 Å². The number of aromatic nitrogens is 1. The van der Waals surface area contributed by atoms with E-state index >= 15 is 0 Å². The average Bonchev–Trinajstić information content (AvgIpc) is 2.90. The van der Waals surface area contributed by atoms with Crippen molar-refractivity contribution in [2.75, 3.05) is 5.75 Å². The Hall–Kier alpha value is -1.47. The lowest BCUT2D eigenvalue weighted by Crippen LogP contribution is -2.43. The summed E-state index contributed by atoms with van der Waals surface area (Å²) in [5.74, 6) is -0.629. The maximum Gasteiger partial charge on any atom is 0.235 e. The van der Waals surface area contributed by atoms with E-state index in [0.717, 1.165) is 29.5 Å². The SMILES string of the molecule is CC1CCCCC1NC(=O)CS(=O)(=O)Cc1nc2ccccc2s1. The number of rotatable bonds is 5. The lowest BCUT2D eigenvalue weighted by atomic mass is 9.86. The van der Waals surface area contributed by atoms with Crippen LogP contribution in [-0.4, -0.2) is 31.1 Å². The Kier molecular flexibility index (Phi) is 5.20. The van der Waals surface area contributed by atoms with Gasteiger partial charge in [-0.05, 0) is 30.9 Å². The van der Waals surface area contributed by atoms with Gasteiger partial charge >= 0.3 is 0 Å². The predicted octanol–water partition coefficient (Wildman–Crippen LogP) is 2.91. The monoisotopic (exact) mass is 366 g/mol. The Morgan fingerprint density at radius 2 is 2.04 bits per heavy atom. The summed E-state index contributed by atoms with van der Waals surface area (Å²) in [5.41, 5.74) is 0.799. The van der Waals surface area contributed by atoms with Gasteiger partial charge in [0.15, 0.2) is 9.84 Å². The van der Waals surface area contributed by atoms with Crippen molar-refractivity contribution >= 4 is 37.3 Å². The number of carbonyl (C=O) groups is 1. The molecular weight excluding hydrogens is 344 g/mol. The lowest BCUT2D eigenvalue weighted by molar-refractivity contribution is -0.119. The van der Waals surface area contributed by atoms with Crippen LogP contribution in [0.4, 0.5) is 0 Å². The van der Waals surface area contributed by atoms with E-state index in [2.05, 4.69) is 17.2 Å². The molecule has 24 heavy (non-hydrogen) atoms. The van der Waals surface area contributed by atoms with Gasteiger partial charge in [0.2, 0.25) is 5.91 Å². The van der Waals surface area contributed by atoms with Gasteiger partial charge in [0.1, 0.15) is 16.5 Å². The zero-order valence-electron chi connectivity index (χ0n) is 13.7. The molecule has 0 radical (unpaired) electrons. The van der Waals surface area contributed by atoms with E-state index in [1.807, 2.05) is 24.3 Å². The number of nitrogens with zero attached hydrogens (tertiary/aromatic N) is 1. The lowest BCUT2D eigenvalue weighted by Gasteiger charge is -2.29. The highest BCUT2D eigenvalue weighted by atomic mass is 32.2. The standard InChI is InChI=1S/C17H22N2O3S2/c1-12-6-2-3-7-13(12)18-16(20)10-24(21,22)11-17-19-14-8-4-5-9-15(14)23-17/h4-5,8-9,12-13H,2-3,6-7,10-11H2,1H3,(H,18,20). The van der Waals surface area contributed by atoms with Crippen LogP contribution in [0, 0.1) is 5.92 Å². The molecular formula is C17H22N2O3S2. The Bertz CT molecular complexity index is 796. The molecule has 1 fully saturated rings. The van der Waals surface area contributed by atoms with Crippen LogP contribution in [0.5, 0.6) is 0 Å². The fraction of sp³-hybridized carbons (Fsp3) is 0.529. The summed E-state index contributed by atoms with van der Waals surface area (Å²) in [5, 5.41) is 3.44. The molecule has 0 aliphatic heterocycles. The molecule has 1 N–H and O–H groups in total. The quantitative estimate of drug-likeness (QED) is 0.883. The van der Waals surface area contributed by atoms with Crippen LogP contribution < -0.4 is 5.32 Å². The summed E-state index contributed by atoms with van der Waals surface area (Å²) >= 11 is 1.37. The van der Waals surface area contributed by atoms with E-state index in [4.69, 9.17) is 0 Å². The molecule has 2 unspecified atom stereocenters. The number of amides is 1. The first-order valence-electron chi connectivity index (χ1n) is 8.27. The molecule has 1 amide bonds. The third-order valence-corrected chi connectivity index (χ3v) is 7.12. The Balaban J connectivity index is 1.61. The summed E-state index contributed by atoms with van der Waals surface area (Å²) in [6.07, 6.45) is 4.30. The van der Waals surface area contributed by atoms with E-state index in [-0.39, 0.29) is 11.8 Å². The fourth-order valence-electron chi connectivity index (χ4n) is 3.20. The highest BCUT2D eigenvalue weighted by Gasteiger charge is 2.25. The van der Waals surface area contributed by atoms with Crippen molar-refractivity contribution in [3.63, 3.8) is 0 Å². The van der Waals surface area contributed by atoms with Crippen molar-refractivity contribution in [3.05, 3.63) is 29.3 Å². The third kappa shape index (κ3) is 4.33. The number of hydrogen-bond donors (Lipinski definition) is 1. The molecule has 1 aliphatic rings. The van der Waals surface area contributed by atoms with E-state index in [1.165, 1.54) is 17.8 Å². The highest BCUT2D eigenvalue weighted by molar-refractivity contribution is 7.91. The van der Waals surface area contributed by atoms with Crippen molar-refractivity contribution in [3.8, 4) is 0 Å². The minimum absolute atomic E-state index is 0.101. The van der Waals surface area contributed by atoms with Crippen LogP contribution in [0.2, 0.25) is 0 Å². The molecule has 3 rings (SSSR count). The summed E-state index contributed by atoms with van der Waals surface area (Å²) in [4.78, 5) is 16.5. The molecule has 1 heterocycles. The second-order valence-electron chi connectivity index (χ2n) is 6.54. The Morgan fingerprint density at radius 1 is 1.29 bits per heavy atom. The van der Waals surface area contributed by atoms with Gasteiger partial charge in [0.25, 0.3) is 0 Å². The summed E-state index contributed by atoms with van der Waals surface area (Å²) < 4.78 is 25.6. The molecule has 5 nitrogen and oxygen atoms in total. The number of sulfone groups is 1. The first-order chi connectivity index (χ1) is 11.4. The topological polar surface area (TPSA) is 76.1 Å². The zero-order chi connectivity index (χ0) is 17.2. The van der Waals surface area contributed by atoms with Crippen molar-refractivity contribution in [2.45, 2.75) is 44.4 Å². The second kappa shape index (κ2) is 7.19. The van der Waals surface area contributed by atoms with Crippen molar-refractivity contribution in [1.82, 2.24) is 10.3 Å². The van der Waals surface area contributed by atoms with Gasteiger partial charge in [0, 0.05) is 6.04 Å². The van der Waals surface area contributed by atoms with Gasteiger partial charge in [-0.2, -0.15) is 0 Å². The highest BCUT2D eigenvalue weighted by Crippen LogP contribution is 2.24. The number of para-hydroxylation sites is 1. The van der Waals surface area contributed by atoms with Crippen molar-refractivity contribution in [2.24, 2.45) is 5.92 Å². The summed E-state index contributed by atoms with van der Waals surface area (Å²) in [6.45, 7) is 2.11. The number of fused-ring (bicyclic) bond motifs is 1. The number of hydrogen-bond acceptors (Lipinski definition) is 5. The molecule has 130 valence electrons. The number of nitrogens with one attached hydrogen (secondary N) is 1. The predicted molar refractivity (Wildman–Crippen MR) is 96.7 cm³/mol. The van der Waals surface area contributed by atoms with E-state index in [1.54, 1.807) is 0 Å². The smallest absolute Gasteiger partial charge is 0.235 e. The van der Waals surface area contributed by atoms with Gasteiger partial charge in [0.05, 0.1) is 10.2 Å². The van der Waals surface area contributed by atoms with Gasteiger partial charge in [-0.25, -0.2) is 13.4 Å². The molecule has 1 saturated carbocycles. The van der Waals surface area contributed by atoms with E-state index in [0.29, 0.717) is 10.9 Å². The normalized spacial score (nSPS) is 21.7. The van der Waals surface area contributed by atoms with Gasteiger partial charge < -0.3 is 5.32 Å². The van der Waals surface area contributed by atoms with Crippen LogP contribution >= 0.6 is 11.3 Å². The van der Waals surface area contributed by atoms with E-state index < -0.39 is 21.5 Å². The summed E-state index contributed by atoms with van der Waals surface area (Å²) in [7, 11) is -3.51. The first-order valence-corrected chi connectivity index (χ1v) is 10.9. The minimum Gasteiger partial charge on any atom is -0.352 e. The van der Waals surface area contributed by atoms with Crippen LogP contribution in [-0.2, 0) is 20.4 Å². The Labute approximate surface area is 146 Å². The molecule has 0 bridgehead atoms. The van der Waals surface area contributed by atoms with Gasteiger partial charge in [-0.1, -0.05) is 31.9 Å². The minimum atomic E-state index is -3.51. The Morgan fingerprint density at radius 3 is 2.79 bits per heavy atom. The first kappa shape index (κ1) is 17.4. The third-order valence-electron chi connectivity index (χ3n) is 4.49. The van der Waals surface area contributed by atoms with Crippen molar-refractivity contribution < 1.29 is 13.2 Å². The molecule has 1 aromatic heterocycles. The largest absolute Gasteiger partial charge is 0.352 e. The summed E-state index contributed by atoms with van der Waals surface area (Å²) in [6, 6.07) is 7.65. The van der Waals surface area contributed by atoms with E-state index in [9.17, 15) is 13.2 Å². The molecule has 1 aliphatic carbocycles. The van der Waals surface area contributed by atoms with Crippen LogP contribution in [0.3, 0.4) is 0 Å². The number of carbonyl (C=O) groups excluding carboxylic acids is 1. The van der Waals surface area contributed by atoms with Gasteiger partial charge in [-0.3, -0.25) is 4.79 Å². The zero-order valence-corrected chi connectivity index (χ0v) is 15.3. The number of benzene rings is 1.